The van der Waals surface area contributed by atoms with Gasteiger partial charge in [0, 0.05) is 18.8 Å². The van der Waals surface area contributed by atoms with Gasteiger partial charge in [-0.15, -0.1) is 6.58 Å². The zero-order valence-electron chi connectivity index (χ0n) is 27.9. The second kappa shape index (κ2) is 24.7. The normalized spacial score (nSPS) is 9.78. The Morgan fingerprint density at radius 2 is 1.37 bits per heavy atom. The number of anilines is 1. The number of aryl methyl sites for hydroxylation is 3. The van der Waals surface area contributed by atoms with Crippen LogP contribution in [-0.2, 0) is 19.3 Å². The summed E-state index contributed by atoms with van der Waals surface area (Å²) in [6.07, 6.45) is 12.0. The summed E-state index contributed by atoms with van der Waals surface area (Å²) in [5.74, 6) is 0.659. The first-order valence-electron chi connectivity index (χ1n) is 16.1. The van der Waals surface area contributed by atoms with E-state index in [0.29, 0.717) is 5.92 Å². The molecular formula is C40H61N. The zero-order chi connectivity index (χ0) is 30.9. The zero-order valence-corrected chi connectivity index (χ0v) is 27.9. The fourth-order valence-corrected chi connectivity index (χ4v) is 4.64. The molecule has 0 aliphatic rings. The molecule has 0 aliphatic heterocycles. The number of allylic oxidation sites excluding steroid dienone is 1. The van der Waals surface area contributed by atoms with Crippen LogP contribution in [-0.4, -0.2) is 13.1 Å². The Morgan fingerprint density at radius 3 is 1.90 bits per heavy atom. The van der Waals surface area contributed by atoms with Crippen LogP contribution in [0.3, 0.4) is 0 Å². The molecule has 0 aromatic heterocycles. The van der Waals surface area contributed by atoms with Gasteiger partial charge in [-0.2, -0.15) is 0 Å². The third kappa shape index (κ3) is 15.5. The number of benzene rings is 3. The molecule has 3 aromatic rings. The standard InChI is InChI=1S/C26H37N.C9H12.C3H6.C2H6/c1-5-9-13-22-17-18-25(24(8-4)21-22)15-12-20-27(19-6-2)26-16-11-10-14-23(26)7-3;1-8(2)9-6-4-3-5-7-9;1-3-2;1-2/h8,10-11,14,16-18,21H,4-7,9,12-13,15,19-20H2,1-3H3;3-8H,1-2H3;3H,1H2,2H3;1-2H3. The fourth-order valence-electron chi connectivity index (χ4n) is 4.64. The summed E-state index contributed by atoms with van der Waals surface area (Å²) in [5.41, 5.74) is 8.49. The topological polar surface area (TPSA) is 3.24 Å². The molecule has 0 saturated heterocycles. The van der Waals surface area contributed by atoms with E-state index in [1.165, 1.54) is 65.6 Å². The molecule has 3 aromatic carbocycles. The van der Waals surface area contributed by atoms with E-state index in [-0.39, 0.29) is 0 Å². The highest BCUT2D eigenvalue weighted by molar-refractivity contribution is 5.55. The summed E-state index contributed by atoms with van der Waals surface area (Å²) in [6, 6.07) is 26.4. The van der Waals surface area contributed by atoms with Gasteiger partial charge in [0.1, 0.15) is 0 Å². The van der Waals surface area contributed by atoms with Gasteiger partial charge in [0.2, 0.25) is 0 Å². The van der Waals surface area contributed by atoms with Gasteiger partial charge in [0.25, 0.3) is 0 Å². The van der Waals surface area contributed by atoms with Gasteiger partial charge < -0.3 is 4.90 Å². The van der Waals surface area contributed by atoms with Crippen molar-refractivity contribution in [1.82, 2.24) is 0 Å². The lowest BCUT2D eigenvalue weighted by Crippen LogP contribution is -2.26. The molecule has 0 atom stereocenters. The highest BCUT2D eigenvalue weighted by atomic mass is 15.1. The molecule has 0 radical (unpaired) electrons. The molecule has 0 unspecified atom stereocenters. The van der Waals surface area contributed by atoms with E-state index < -0.39 is 0 Å². The van der Waals surface area contributed by atoms with Crippen LogP contribution in [0.2, 0.25) is 0 Å². The lowest BCUT2D eigenvalue weighted by molar-refractivity contribution is 0.710. The maximum absolute atomic E-state index is 4.05. The van der Waals surface area contributed by atoms with Gasteiger partial charge in [-0.25, -0.2) is 0 Å². The minimum atomic E-state index is 0.659. The summed E-state index contributed by atoms with van der Waals surface area (Å²) in [4.78, 5) is 2.57. The largest absolute Gasteiger partial charge is 0.371 e. The molecule has 0 spiro atoms. The van der Waals surface area contributed by atoms with Crippen molar-refractivity contribution in [1.29, 1.82) is 0 Å². The van der Waals surface area contributed by atoms with E-state index in [1.807, 2.05) is 32.9 Å². The van der Waals surface area contributed by atoms with Gasteiger partial charge in [0.05, 0.1) is 0 Å². The third-order valence-corrected chi connectivity index (χ3v) is 6.80. The minimum absolute atomic E-state index is 0.659. The first-order chi connectivity index (χ1) is 19.9. The lowest BCUT2D eigenvalue weighted by Gasteiger charge is -2.27. The molecule has 0 amide bonds. The Balaban J connectivity index is 0.000000944. The molecule has 0 bridgehead atoms. The van der Waals surface area contributed by atoms with Crippen molar-refractivity contribution in [2.24, 2.45) is 0 Å². The summed E-state index contributed by atoms with van der Waals surface area (Å²) < 4.78 is 0. The predicted octanol–water partition coefficient (Wildman–Crippen LogP) is 12.1. The summed E-state index contributed by atoms with van der Waals surface area (Å²) in [7, 11) is 0. The molecule has 0 N–H and O–H groups in total. The fraction of sp³-hybridized carbons (Fsp3) is 0.450. The van der Waals surface area contributed by atoms with E-state index in [0.717, 1.165) is 25.9 Å². The number of unbranched alkanes of at least 4 members (excludes halogenated alkanes) is 1. The Morgan fingerprint density at radius 1 is 0.732 bits per heavy atom. The van der Waals surface area contributed by atoms with Crippen molar-refractivity contribution >= 4 is 11.8 Å². The average molecular weight is 556 g/mol. The summed E-state index contributed by atoms with van der Waals surface area (Å²) >= 11 is 0. The van der Waals surface area contributed by atoms with Gasteiger partial charge in [-0.3, -0.25) is 0 Å². The van der Waals surface area contributed by atoms with Crippen LogP contribution >= 0.6 is 0 Å². The second-order valence-electron chi connectivity index (χ2n) is 10.4. The van der Waals surface area contributed by atoms with Crippen molar-refractivity contribution in [2.75, 3.05) is 18.0 Å². The van der Waals surface area contributed by atoms with Gasteiger partial charge in [0.15, 0.2) is 0 Å². The van der Waals surface area contributed by atoms with Crippen molar-refractivity contribution in [3.63, 3.8) is 0 Å². The Bertz CT molecular complexity index is 1050. The van der Waals surface area contributed by atoms with E-state index >= 15 is 0 Å². The average Bonchev–Trinajstić information content (AvgIpc) is 3.02. The quantitative estimate of drug-likeness (QED) is 0.190. The van der Waals surface area contributed by atoms with Crippen LogP contribution in [0.1, 0.15) is 115 Å². The SMILES string of the molecule is C=CC.C=Cc1cc(CCCC)ccc1CCCN(CCC)c1ccccc1CC.CC.CC(C)c1ccccc1. The van der Waals surface area contributed by atoms with E-state index in [4.69, 9.17) is 0 Å². The number of para-hydroxylation sites is 1. The maximum Gasteiger partial charge on any atom is 0.0398 e. The lowest BCUT2D eigenvalue weighted by atomic mass is 9.97. The van der Waals surface area contributed by atoms with Gasteiger partial charge in [-0.05, 0) is 85.3 Å². The molecule has 0 fully saturated rings. The Hall–Kier alpha value is -3.06. The van der Waals surface area contributed by atoms with Crippen LogP contribution in [0.25, 0.3) is 6.08 Å². The van der Waals surface area contributed by atoms with E-state index in [9.17, 15) is 0 Å². The second-order valence-corrected chi connectivity index (χ2v) is 10.4. The van der Waals surface area contributed by atoms with Gasteiger partial charge in [-0.1, -0.05) is 140 Å². The van der Waals surface area contributed by atoms with Crippen molar-refractivity contribution < 1.29 is 0 Å². The molecule has 0 heterocycles. The van der Waals surface area contributed by atoms with Gasteiger partial charge >= 0.3 is 0 Å². The van der Waals surface area contributed by atoms with Crippen molar-refractivity contribution in [3.05, 3.63) is 120 Å². The molecule has 1 heteroatoms. The maximum atomic E-state index is 4.05. The molecule has 0 aliphatic carbocycles. The minimum Gasteiger partial charge on any atom is -0.371 e. The highest BCUT2D eigenvalue weighted by Gasteiger charge is 2.10. The molecule has 1 nitrogen and oxygen atoms in total. The third-order valence-electron chi connectivity index (χ3n) is 6.80. The first kappa shape index (κ1) is 37.9. The van der Waals surface area contributed by atoms with Crippen LogP contribution in [0.5, 0.6) is 0 Å². The molecule has 41 heavy (non-hydrogen) atoms. The van der Waals surface area contributed by atoms with Crippen molar-refractivity contribution in [2.45, 2.75) is 106 Å². The summed E-state index contributed by atoms with van der Waals surface area (Å²) in [6.45, 7) is 26.7. The van der Waals surface area contributed by atoms with Crippen LogP contribution in [0.15, 0.2) is 92.0 Å². The smallest absolute Gasteiger partial charge is 0.0398 e. The predicted molar refractivity (Wildman–Crippen MR) is 190 cm³/mol. The molecule has 0 saturated carbocycles. The highest BCUT2D eigenvalue weighted by Crippen LogP contribution is 2.23. The monoisotopic (exact) mass is 555 g/mol. The number of rotatable bonds is 13. The Kier molecular flexibility index (Phi) is 22.9. The summed E-state index contributed by atoms with van der Waals surface area (Å²) in [5, 5.41) is 0. The van der Waals surface area contributed by atoms with Crippen molar-refractivity contribution in [3.8, 4) is 0 Å². The number of hydrogen-bond acceptors (Lipinski definition) is 1. The van der Waals surface area contributed by atoms with E-state index in [2.05, 4.69) is 119 Å². The molecular weight excluding hydrogens is 494 g/mol. The van der Waals surface area contributed by atoms with Crippen LogP contribution in [0, 0.1) is 0 Å². The molecule has 3 rings (SSSR count). The van der Waals surface area contributed by atoms with Crippen LogP contribution in [0.4, 0.5) is 5.69 Å². The number of hydrogen-bond donors (Lipinski definition) is 0. The first-order valence-corrected chi connectivity index (χ1v) is 16.1. The molecule has 226 valence electrons. The Labute approximate surface area is 255 Å². The van der Waals surface area contributed by atoms with Crippen LogP contribution < -0.4 is 4.90 Å². The number of nitrogens with zero attached hydrogens (tertiary/aromatic N) is 1. The van der Waals surface area contributed by atoms with E-state index in [1.54, 1.807) is 6.08 Å².